The van der Waals surface area contributed by atoms with Crippen molar-refractivity contribution in [3.8, 4) is 0 Å². The molecule has 3 N–H and O–H groups in total. The topological polar surface area (TPSA) is 79.2 Å². The van der Waals surface area contributed by atoms with Gasteiger partial charge in [0.1, 0.15) is 0 Å². The van der Waals surface area contributed by atoms with E-state index in [1.807, 2.05) is 18.3 Å². The van der Waals surface area contributed by atoms with Crippen LogP contribution in [0, 0.1) is 0 Å². The summed E-state index contributed by atoms with van der Waals surface area (Å²) >= 11 is 0. The van der Waals surface area contributed by atoms with Crippen LogP contribution in [0.1, 0.15) is 24.6 Å². The second kappa shape index (κ2) is 4.96. The van der Waals surface area contributed by atoms with Gasteiger partial charge in [-0.05, 0) is 43.2 Å². The molecule has 0 bridgehead atoms. The fourth-order valence-electron chi connectivity index (χ4n) is 2.70. The van der Waals surface area contributed by atoms with Crippen LogP contribution in [-0.2, 0) is 10.0 Å². The number of hydrogen-bond acceptors (Lipinski definition) is 3. The van der Waals surface area contributed by atoms with Crippen molar-refractivity contribution in [2.45, 2.75) is 23.8 Å². The third-order valence-electron chi connectivity index (χ3n) is 3.65. The van der Waals surface area contributed by atoms with Crippen LogP contribution in [0.2, 0.25) is 0 Å². The molecule has 1 aliphatic heterocycles. The van der Waals surface area contributed by atoms with Crippen molar-refractivity contribution in [1.29, 1.82) is 0 Å². The van der Waals surface area contributed by atoms with E-state index >= 15 is 0 Å². The van der Waals surface area contributed by atoms with Gasteiger partial charge in [0.25, 0.3) is 0 Å². The highest BCUT2D eigenvalue weighted by Crippen LogP contribution is 2.35. The molecule has 1 aromatic heterocycles. The first-order valence-electron chi connectivity index (χ1n) is 6.60. The van der Waals surface area contributed by atoms with Crippen LogP contribution in [0.5, 0.6) is 0 Å². The largest absolute Gasteiger partial charge is 0.399 e. The number of nitrogens with two attached hydrogens (primary N) is 1. The predicted octanol–water partition coefficient (Wildman–Crippen LogP) is 2.12. The molecule has 1 aliphatic rings. The van der Waals surface area contributed by atoms with Gasteiger partial charge < -0.3 is 10.7 Å². The summed E-state index contributed by atoms with van der Waals surface area (Å²) in [5.41, 5.74) is 7.09. The number of rotatable bonds is 3. The molecule has 1 atom stereocenters. The van der Waals surface area contributed by atoms with Crippen LogP contribution in [0.3, 0.4) is 0 Å². The zero-order chi connectivity index (χ0) is 14.2. The molecule has 1 aromatic carbocycles. The van der Waals surface area contributed by atoms with E-state index in [0.717, 1.165) is 18.5 Å². The Labute approximate surface area is 118 Å². The van der Waals surface area contributed by atoms with E-state index in [2.05, 4.69) is 4.98 Å². The van der Waals surface area contributed by atoms with Crippen LogP contribution in [0.25, 0.3) is 0 Å². The quantitative estimate of drug-likeness (QED) is 0.850. The molecule has 1 saturated heterocycles. The van der Waals surface area contributed by atoms with E-state index < -0.39 is 10.0 Å². The van der Waals surface area contributed by atoms with Crippen LogP contribution >= 0.6 is 0 Å². The molecule has 1 fully saturated rings. The van der Waals surface area contributed by atoms with E-state index in [-0.39, 0.29) is 10.9 Å². The molecule has 2 heterocycles. The van der Waals surface area contributed by atoms with Gasteiger partial charge in [0.2, 0.25) is 10.0 Å². The minimum atomic E-state index is -3.50. The van der Waals surface area contributed by atoms with E-state index in [4.69, 9.17) is 5.73 Å². The minimum Gasteiger partial charge on any atom is -0.399 e. The summed E-state index contributed by atoms with van der Waals surface area (Å²) in [7, 11) is -3.50. The Morgan fingerprint density at radius 1 is 1.25 bits per heavy atom. The molecule has 20 heavy (non-hydrogen) atoms. The fraction of sp³-hybridized carbons (Fsp3) is 0.286. The number of benzene rings is 1. The Morgan fingerprint density at radius 2 is 2.10 bits per heavy atom. The zero-order valence-electron chi connectivity index (χ0n) is 11.0. The maximum Gasteiger partial charge on any atom is 0.243 e. The van der Waals surface area contributed by atoms with Gasteiger partial charge in [-0.3, -0.25) is 0 Å². The maximum absolute atomic E-state index is 12.7. The average Bonchev–Trinajstić information content (AvgIpc) is 3.09. The van der Waals surface area contributed by atoms with Crippen LogP contribution in [0.15, 0.2) is 47.5 Å². The first-order chi connectivity index (χ1) is 9.59. The molecule has 0 radical (unpaired) electrons. The van der Waals surface area contributed by atoms with E-state index in [1.165, 1.54) is 6.07 Å². The summed E-state index contributed by atoms with van der Waals surface area (Å²) in [5.74, 6) is 0. The molecule has 0 aliphatic carbocycles. The lowest BCUT2D eigenvalue weighted by Crippen LogP contribution is -2.30. The minimum absolute atomic E-state index is 0.114. The molecule has 6 heteroatoms. The Balaban J connectivity index is 1.98. The van der Waals surface area contributed by atoms with Crippen molar-refractivity contribution in [2.24, 2.45) is 0 Å². The third kappa shape index (κ3) is 2.21. The average molecular weight is 291 g/mol. The number of nitrogens with zero attached hydrogens (tertiary/aromatic N) is 1. The van der Waals surface area contributed by atoms with E-state index in [0.29, 0.717) is 12.2 Å². The SMILES string of the molecule is Nc1cccc(S(=O)(=O)N2CCCC2c2ccc[nH]2)c1. The summed E-state index contributed by atoms with van der Waals surface area (Å²) < 4.78 is 27.1. The first kappa shape index (κ1) is 13.2. The van der Waals surface area contributed by atoms with E-state index in [9.17, 15) is 8.42 Å². The normalized spacial score (nSPS) is 20.3. The highest BCUT2D eigenvalue weighted by Gasteiger charge is 2.36. The van der Waals surface area contributed by atoms with Gasteiger partial charge in [-0.25, -0.2) is 8.42 Å². The predicted molar refractivity (Wildman–Crippen MR) is 77.5 cm³/mol. The first-order valence-corrected chi connectivity index (χ1v) is 8.04. The van der Waals surface area contributed by atoms with Crippen molar-refractivity contribution >= 4 is 15.7 Å². The lowest BCUT2D eigenvalue weighted by Gasteiger charge is -2.23. The molecule has 5 nitrogen and oxygen atoms in total. The van der Waals surface area contributed by atoms with Crippen LogP contribution in [0.4, 0.5) is 5.69 Å². The molecule has 1 unspecified atom stereocenters. The molecule has 0 spiro atoms. The van der Waals surface area contributed by atoms with Gasteiger partial charge in [0, 0.05) is 24.1 Å². The van der Waals surface area contributed by atoms with E-state index in [1.54, 1.807) is 22.5 Å². The Bertz CT molecular complexity index is 695. The smallest absolute Gasteiger partial charge is 0.243 e. The highest BCUT2D eigenvalue weighted by atomic mass is 32.2. The monoisotopic (exact) mass is 291 g/mol. The lowest BCUT2D eigenvalue weighted by atomic mass is 10.2. The van der Waals surface area contributed by atoms with Crippen molar-refractivity contribution < 1.29 is 8.42 Å². The van der Waals surface area contributed by atoms with Crippen molar-refractivity contribution in [2.75, 3.05) is 12.3 Å². The number of nitrogen functional groups attached to an aromatic ring is 1. The summed E-state index contributed by atoms with van der Waals surface area (Å²) in [6.07, 6.45) is 3.52. The van der Waals surface area contributed by atoms with Gasteiger partial charge in [-0.1, -0.05) is 6.07 Å². The van der Waals surface area contributed by atoms with Crippen LogP contribution < -0.4 is 5.73 Å². The molecule has 0 amide bonds. The van der Waals surface area contributed by atoms with Gasteiger partial charge in [0.05, 0.1) is 10.9 Å². The van der Waals surface area contributed by atoms with Crippen molar-refractivity contribution in [3.05, 3.63) is 48.3 Å². The van der Waals surface area contributed by atoms with Gasteiger partial charge in [-0.2, -0.15) is 4.31 Å². The summed E-state index contributed by atoms with van der Waals surface area (Å²) in [6, 6.07) is 10.2. The number of aromatic amines is 1. The lowest BCUT2D eigenvalue weighted by molar-refractivity contribution is 0.391. The van der Waals surface area contributed by atoms with Gasteiger partial charge in [0.15, 0.2) is 0 Å². The molecular weight excluding hydrogens is 274 g/mol. The summed E-state index contributed by atoms with van der Waals surface area (Å²) in [4.78, 5) is 3.37. The van der Waals surface area contributed by atoms with Crippen molar-refractivity contribution in [1.82, 2.24) is 9.29 Å². The Hall–Kier alpha value is -1.79. The number of sulfonamides is 1. The number of aromatic nitrogens is 1. The summed E-state index contributed by atoms with van der Waals surface area (Å²) in [6.45, 7) is 0.542. The molecular formula is C14H17N3O2S. The second-order valence-electron chi connectivity index (χ2n) is 4.97. The Morgan fingerprint density at radius 3 is 2.80 bits per heavy atom. The fourth-order valence-corrected chi connectivity index (χ4v) is 4.43. The number of H-pyrrole nitrogens is 1. The molecule has 106 valence electrons. The van der Waals surface area contributed by atoms with Crippen LogP contribution in [-0.4, -0.2) is 24.3 Å². The number of nitrogens with one attached hydrogen (secondary N) is 1. The maximum atomic E-state index is 12.7. The zero-order valence-corrected chi connectivity index (χ0v) is 11.8. The summed E-state index contributed by atoms with van der Waals surface area (Å²) in [5, 5.41) is 0. The third-order valence-corrected chi connectivity index (χ3v) is 5.55. The van der Waals surface area contributed by atoms with Crippen molar-refractivity contribution in [3.63, 3.8) is 0 Å². The van der Waals surface area contributed by atoms with Gasteiger partial charge in [-0.15, -0.1) is 0 Å². The highest BCUT2D eigenvalue weighted by molar-refractivity contribution is 7.89. The molecule has 0 saturated carbocycles. The standard InChI is InChI=1S/C14H17N3O2S/c15-11-4-1-5-12(10-11)20(18,19)17-9-3-7-14(17)13-6-2-8-16-13/h1-2,4-6,8,10,14,16H,3,7,9,15H2. The molecule has 2 aromatic rings. The number of hydrogen-bond donors (Lipinski definition) is 2. The molecule has 3 rings (SSSR count). The number of anilines is 1. The Kier molecular flexibility index (Phi) is 3.27. The second-order valence-corrected chi connectivity index (χ2v) is 6.86. The van der Waals surface area contributed by atoms with Gasteiger partial charge >= 0.3 is 0 Å².